The molecule has 2 nitrogen and oxygen atoms in total. The van der Waals surface area contributed by atoms with E-state index >= 15 is 0 Å². The number of nitrogens with one attached hydrogen (secondary N) is 1. The lowest BCUT2D eigenvalue weighted by molar-refractivity contribution is -0.914. The number of anilines is 1. The zero-order chi connectivity index (χ0) is 18.3. The molecule has 1 aliphatic rings. The number of hydrogen-bond acceptors (Lipinski definition) is 1. The van der Waals surface area contributed by atoms with Gasteiger partial charge in [-0.3, -0.25) is 0 Å². The largest absolute Gasteiger partial charge is 0.354 e. The van der Waals surface area contributed by atoms with Gasteiger partial charge in [0.2, 0.25) is 0 Å². The fourth-order valence-corrected chi connectivity index (χ4v) is 3.64. The lowest BCUT2D eigenvalue weighted by Crippen LogP contribution is -2.53. The van der Waals surface area contributed by atoms with Crippen LogP contribution < -0.4 is 5.32 Å². The summed E-state index contributed by atoms with van der Waals surface area (Å²) in [5, 5.41) is 3.65. The van der Waals surface area contributed by atoms with Crippen molar-refractivity contribution in [1.82, 2.24) is 0 Å². The summed E-state index contributed by atoms with van der Waals surface area (Å²) in [6.45, 7) is 11.3. The Hall–Kier alpha value is -1.35. The molecule has 0 aromatic heterocycles. The maximum atomic E-state index is 13.5. The van der Waals surface area contributed by atoms with Crippen molar-refractivity contribution in [2.45, 2.75) is 66.3 Å². The third kappa shape index (κ3) is 5.07. The van der Waals surface area contributed by atoms with E-state index in [0.717, 1.165) is 27.7 Å². The van der Waals surface area contributed by atoms with E-state index in [1.165, 1.54) is 31.5 Å². The molecule has 1 heterocycles. The Labute approximate surface area is 148 Å². The minimum atomic E-state index is -0.157. The highest BCUT2D eigenvalue weighted by Crippen LogP contribution is 2.30. The highest BCUT2D eigenvalue weighted by atomic mass is 19.1. The molecule has 3 heteroatoms. The number of aryl methyl sites for hydroxylation is 2. The lowest BCUT2D eigenvalue weighted by atomic mass is 9.96. The molecule has 2 rings (SSSR count). The van der Waals surface area contributed by atoms with Crippen LogP contribution in [0.4, 0.5) is 10.1 Å². The van der Waals surface area contributed by atoms with Gasteiger partial charge in [-0.2, -0.15) is 0 Å². The van der Waals surface area contributed by atoms with Gasteiger partial charge in [-0.05, 0) is 56.4 Å². The number of benzene rings is 1. The molecule has 1 aromatic rings. The van der Waals surface area contributed by atoms with Crippen LogP contribution in [0.3, 0.4) is 0 Å². The zero-order valence-corrected chi connectivity index (χ0v) is 16.7. The topological polar surface area (TPSA) is 12.0 Å². The second-order valence-electron chi connectivity index (χ2n) is 7.12. The van der Waals surface area contributed by atoms with Crippen LogP contribution in [-0.4, -0.2) is 31.2 Å². The van der Waals surface area contributed by atoms with Crippen molar-refractivity contribution in [2.24, 2.45) is 0 Å². The zero-order valence-electron chi connectivity index (χ0n) is 16.7. The molecular weight excluding hydrogens is 299 g/mol. The lowest BCUT2D eigenvalue weighted by Gasteiger charge is -2.43. The van der Waals surface area contributed by atoms with Crippen molar-refractivity contribution in [2.75, 3.05) is 26.0 Å². The molecule has 1 fully saturated rings. The summed E-state index contributed by atoms with van der Waals surface area (Å²) < 4.78 is 14.6. The highest BCUT2D eigenvalue weighted by molar-refractivity contribution is 5.60. The van der Waals surface area contributed by atoms with Gasteiger partial charge >= 0.3 is 0 Å². The number of hydrogen-bond donors (Lipinski definition) is 1. The van der Waals surface area contributed by atoms with Crippen molar-refractivity contribution in [3.63, 3.8) is 0 Å². The van der Waals surface area contributed by atoms with Crippen LogP contribution in [0.5, 0.6) is 0 Å². The summed E-state index contributed by atoms with van der Waals surface area (Å²) in [5.41, 5.74) is 4.30. The van der Waals surface area contributed by atoms with Gasteiger partial charge in [-0.1, -0.05) is 26.8 Å². The van der Waals surface area contributed by atoms with E-state index in [-0.39, 0.29) is 5.82 Å². The maximum absolute atomic E-state index is 13.5. The first-order valence-electron chi connectivity index (χ1n) is 9.41. The molecule has 24 heavy (non-hydrogen) atoms. The quantitative estimate of drug-likeness (QED) is 0.685. The summed E-state index contributed by atoms with van der Waals surface area (Å²) in [6.07, 6.45) is 7.12. The number of piperidine rings is 1. The van der Waals surface area contributed by atoms with Crippen LogP contribution in [0.15, 0.2) is 23.9 Å². The average Bonchev–Trinajstić information content (AvgIpc) is 2.51. The second-order valence-corrected chi connectivity index (χ2v) is 7.12. The molecule has 0 saturated carbocycles. The number of allylic oxidation sites excluding steroid dienone is 1. The van der Waals surface area contributed by atoms with Gasteiger partial charge in [0.25, 0.3) is 0 Å². The van der Waals surface area contributed by atoms with Crippen molar-refractivity contribution >= 4 is 5.69 Å². The van der Waals surface area contributed by atoms with E-state index in [0.29, 0.717) is 6.04 Å². The molecule has 1 N–H and O–H groups in total. The van der Waals surface area contributed by atoms with Gasteiger partial charge in [0.1, 0.15) is 11.9 Å². The average molecular weight is 336 g/mol. The SMILES string of the molecule is CC.CC/C=C(\Nc1c(C)cc(F)cc1C)C1CCCC[N+]1(C)C. The van der Waals surface area contributed by atoms with Crippen LogP contribution in [0.25, 0.3) is 0 Å². The summed E-state index contributed by atoms with van der Waals surface area (Å²) in [4.78, 5) is 0. The smallest absolute Gasteiger partial charge is 0.129 e. The fourth-order valence-electron chi connectivity index (χ4n) is 3.64. The number of halogens is 1. The Morgan fingerprint density at radius 1 is 1.21 bits per heavy atom. The Kier molecular flexibility index (Phi) is 7.95. The standard InChI is InChI=1S/C19H30FN2.C2H6/c1-6-9-17(18-10-7-8-11-22(18,4)5)21-19-14(2)12-16(20)13-15(19)3;1-2/h9,12-13,18,21H,6-8,10-11H2,1-5H3;1-2H3/q+1;/b17-9-;. The number of nitrogens with zero attached hydrogens (tertiary/aromatic N) is 1. The Morgan fingerprint density at radius 3 is 2.29 bits per heavy atom. The third-order valence-corrected chi connectivity index (χ3v) is 4.86. The monoisotopic (exact) mass is 335 g/mol. The summed E-state index contributed by atoms with van der Waals surface area (Å²) in [7, 11) is 4.64. The second kappa shape index (κ2) is 9.22. The van der Waals surface area contributed by atoms with Crippen LogP contribution >= 0.6 is 0 Å². The minimum Gasteiger partial charge on any atom is -0.354 e. The van der Waals surface area contributed by atoms with Gasteiger partial charge < -0.3 is 9.80 Å². The van der Waals surface area contributed by atoms with E-state index in [4.69, 9.17) is 0 Å². The van der Waals surface area contributed by atoms with E-state index in [1.54, 1.807) is 12.1 Å². The predicted octanol–water partition coefficient (Wildman–Crippen LogP) is 5.80. The van der Waals surface area contributed by atoms with Gasteiger partial charge in [-0.25, -0.2) is 4.39 Å². The number of likely N-dealkylation sites (tertiary alicyclic amines) is 1. The van der Waals surface area contributed by atoms with Crippen molar-refractivity contribution in [1.29, 1.82) is 0 Å². The van der Waals surface area contributed by atoms with Crippen molar-refractivity contribution in [3.05, 3.63) is 40.8 Å². The number of quaternary nitrogens is 1. The highest BCUT2D eigenvalue weighted by Gasteiger charge is 2.34. The van der Waals surface area contributed by atoms with Gasteiger partial charge in [-0.15, -0.1) is 0 Å². The first-order chi connectivity index (χ1) is 11.3. The van der Waals surface area contributed by atoms with Gasteiger partial charge in [0, 0.05) is 12.1 Å². The molecular formula is C21H36FN2+. The van der Waals surface area contributed by atoms with Crippen LogP contribution in [0, 0.1) is 19.7 Å². The third-order valence-electron chi connectivity index (χ3n) is 4.86. The van der Waals surface area contributed by atoms with Crippen LogP contribution in [-0.2, 0) is 0 Å². The van der Waals surface area contributed by atoms with E-state index < -0.39 is 0 Å². The van der Waals surface area contributed by atoms with Crippen LogP contribution in [0.2, 0.25) is 0 Å². The van der Waals surface area contributed by atoms with Gasteiger partial charge in [0.15, 0.2) is 0 Å². The first-order valence-corrected chi connectivity index (χ1v) is 9.41. The van der Waals surface area contributed by atoms with Crippen molar-refractivity contribution in [3.8, 4) is 0 Å². The molecule has 1 saturated heterocycles. The molecule has 0 aliphatic carbocycles. The molecule has 0 amide bonds. The Morgan fingerprint density at radius 2 is 1.79 bits per heavy atom. The molecule has 136 valence electrons. The maximum Gasteiger partial charge on any atom is 0.129 e. The van der Waals surface area contributed by atoms with E-state index in [9.17, 15) is 4.39 Å². The molecule has 1 unspecified atom stereocenters. The van der Waals surface area contributed by atoms with Gasteiger partial charge in [0.05, 0.1) is 26.3 Å². The Bertz CT molecular complexity index is 538. The summed E-state index contributed by atoms with van der Waals surface area (Å²) >= 11 is 0. The van der Waals surface area contributed by atoms with Crippen molar-refractivity contribution < 1.29 is 8.87 Å². The summed E-state index contributed by atoms with van der Waals surface area (Å²) in [5.74, 6) is -0.157. The summed E-state index contributed by atoms with van der Waals surface area (Å²) in [6, 6.07) is 3.72. The minimum absolute atomic E-state index is 0.157. The fraction of sp³-hybridized carbons (Fsp3) is 0.619. The molecule has 1 atom stereocenters. The molecule has 0 radical (unpaired) electrons. The van der Waals surface area contributed by atoms with E-state index in [2.05, 4.69) is 32.4 Å². The van der Waals surface area contributed by atoms with Crippen LogP contribution in [0.1, 0.15) is 57.6 Å². The Balaban J connectivity index is 0.00000139. The number of rotatable bonds is 4. The molecule has 1 aliphatic heterocycles. The normalized spacial score (nSPS) is 20.2. The molecule has 0 spiro atoms. The first kappa shape index (κ1) is 20.7. The number of likely N-dealkylation sites (N-methyl/N-ethyl adjacent to an activating group) is 1. The van der Waals surface area contributed by atoms with E-state index in [1.807, 2.05) is 27.7 Å². The molecule has 1 aromatic carbocycles. The predicted molar refractivity (Wildman–Crippen MR) is 104 cm³/mol. The molecule has 0 bridgehead atoms.